The second-order valence-corrected chi connectivity index (χ2v) is 3.11. The summed E-state index contributed by atoms with van der Waals surface area (Å²) in [6.07, 6.45) is -1.45. The van der Waals surface area contributed by atoms with Crippen LogP contribution in [0.5, 0.6) is 0 Å². The molecule has 9 heteroatoms. The summed E-state index contributed by atoms with van der Waals surface area (Å²) < 4.78 is 0. The Bertz CT molecular complexity index is 112. The van der Waals surface area contributed by atoms with Gasteiger partial charge in [0, 0.05) is 0 Å². The SMILES string of the molecule is OCC(O)C1OO1.O[Si](O)(O)O. The zero-order valence-electron chi connectivity index (χ0n) is 5.86. The summed E-state index contributed by atoms with van der Waals surface area (Å²) in [7, 11) is -4.61. The molecule has 74 valence electrons. The van der Waals surface area contributed by atoms with E-state index in [0.717, 1.165) is 0 Å². The van der Waals surface area contributed by atoms with Crippen LogP contribution in [0.15, 0.2) is 0 Å². The van der Waals surface area contributed by atoms with Gasteiger partial charge in [0.1, 0.15) is 6.10 Å². The van der Waals surface area contributed by atoms with Crippen molar-refractivity contribution in [3.8, 4) is 0 Å². The third kappa shape index (κ3) is 9.90. The van der Waals surface area contributed by atoms with Gasteiger partial charge < -0.3 is 29.4 Å². The van der Waals surface area contributed by atoms with Crippen LogP contribution in [0, 0.1) is 0 Å². The smallest absolute Gasteiger partial charge is 0.393 e. The highest BCUT2D eigenvalue weighted by Crippen LogP contribution is 2.15. The van der Waals surface area contributed by atoms with Crippen molar-refractivity contribution in [2.45, 2.75) is 12.4 Å². The second-order valence-electron chi connectivity index (χ2n) is 1.91. The maximum atomic E-state index is 8.50. The van der Waals surface area contributed by atoms with Crippen LogP contribution in [0.4, 0.5) is 0 Å². The summed E-state index contributed by atoms with van der Waals surface area (Å²) in [5.74, 6) is 0. The molecule has 0 aromatic heterocycles. The van der Waals surface area contributed by atoms with Crippen LogP contribution >= 0.6 is 0 Å². The summed E-state index contributed by atoms with van der Waals surface area (Å²) >= 11 is 0. The van der Waals surface area contributed by atoms with Crippen LogP contribution in [-0.4, -0.2) is 57.4 Å². The van der Waals surface area contributed by atoms with E-state index in [1.54, 1.807) is 0 Å². The molecule has 0 aromatic rings. The average Bonchev–Trinajstić information content (AvgIpc) is 2.63. The largest absolute Gasteiger partial charge is 0.668 e. The molecule has 0 radical (unpaired) electrons. The molecule has 1 aliphatic heterocycles. The van der Waals surface area contributed by atoms with E-state index in [1.807, 2.05) is 0 Å². The van der Waals surface area contributed by atoms with Gasteiger partial charge in [-0.25, -0.2) is 0 Å². The van der Waals surface area contributed by atoms with Crippen LogP contribution in [0.3, 0.4) is 0 Å². The summed E-state index contributed by atoms with van der Waals surface area (Å²) in [6, 6.07) is 0. The van der Waals surface area contributed by atoms with Crippen molar-refractivity contribution < 1.29 is 39.2 Å². The fraction of sp³-hybridized carbons (Fsp3) is 1.00. The summed E-state index contributed by atoms with van der Waals surface area (Å²) in [4.78, 5) is 37.6. The lowest BCUT2D eigenvalue weighted by Gasteiger charge is -1.93. The Morgan fingerprint density at radius 3 is 1.58 bits per heavy atom. The van der Waals surface area contributed by atoms with Crippen LogP contribution < -0.4 is 0 Å². The summed E-state index contributed by atoms with van der Waals surface area (Å²) in [6.45, 7) is -0.315. The minimum atomic E-state index is -4.61. The maximum Gasteiger partial charge on any atom is 0.668 e. The maximum absolute atomic E-state index is 8.50. The van der Waals surface area contributed by atoms with E-state index >= 15 is 0 Å². The number of hydrogen-bond donors (Lipinski definition) is 6. The van der Waals surface area contributed by atoms with Crippen molar-refractivity contribution >= 4 is 9.05 Å². The van der Waals surface area contributed by atoms with Crippen molar-refractivity contribution in [3.63, 3.8) is 0 Å². The highest BCUT2D eigenvalue weighted by atomic mass is 28.4. The molecule has 0 saturated carbocycles. The molecule has 1 unspecified atom stereocenters. The zero-order chi connectivity index (χ0) is 9.78. The quantitative estimate of drug-likeness (QED) is 0.151. The third-order valence-electron chi connectivity index (χ3n) is 0.709. The van der Waals surface area contributed by atoms with Crippen molar-refractivity contribution in [2.75, 3.05) is 6.61 Å². The lowest BCUT2D eigenvalue weighted by atomic mass is 10.4. The van der Waals surface area contributed by atoms with Crippen LogP contribution in [-0.2, 0) is 9.78 Å². The molecule has 0 aliphatic carbocycles. The van der Waals surface area contributed by atoms with Gasteiger partial charge in [0.15, 0.2) is 0 Å². The first-order valence-corrected chi connectivity index (χ1v) is 4.64. The van der Waals surface area contributed by atoms with Gasteiger partial charge in [0.2, 0.25) is 0 Å². The summed E-state index contributed by atoms with van der Waals surface area (Å²) in [5, 5.41) is 16.6. The number of rotatable bonds is 2. The highest BCUT2D eigenvalue weighted by Gasteiger charge is 2.33. The van der Waals surface area contributed by atoms with Crippen molar-refractivity contribution in [2.24, 2.45) is 0 Å². The molecule has 1 saturated heterocycles. The number of aliphatic hydroxyl groups is 2. The van der Waals surface area contributed by atoms with Gasteiger partial charge in [-0.2, -0.15) is 9.78 Å². The lowest BCUT2D eigenvalue weighted by Crippen LogP contribution is -2.33. The Morgan fingerprint density at radius 1 is 1.17 bits per heavy atom. The Morgan fingerprint density at radius 2 is 1.50 bits per heavy atom. The molecular weight excluding hydrogens is 192 g/mol. The predicted octanol–water partition coefficient (Wildman–Crippen LogP) is -3.98. The molecule has 6 N–H and O–H groups in total. The zero-order valence-corrected chi connectivity index (χ0v) is 6.86. The van der Waals surface area contributed by atoms with Gasteiger partial charge >= 0.3 is 9.05 Å². The van der Waals surface area contributed by atoms with Crippen molar-refractivity contribution in [3.05, 3.63) is 0 Å². The summed E-state index contributed by atoms with van der Waals surface area (Å²) in [5.41, 5.74) is 0. The van der Waals surface area contributed by atoms with E-state index in [2.05, 4.69) is 9.78 Å². The minimum absolute atomic E-state index is 0.315. The second kappa shape index (κ2) is 4.81. The first kappa shape index (κ1) is 11.9. The molecular formula is C3H10O8Si. The molecule has 1 fully saturated rings. The Balaban J connectivity index is 0.000000217. The fourth-order valence-corrected chi connectivity index (χ4v) is 0.246. The van der Waals surface area contributed by atoms with Crippen LogP contribution in [0.2, 0.25) is 0 Å². The Labute approximate surface area is 68.3 Å². The van der Waals surface area contributed by atoms with Gasteiger partial charge in [-0.3, -0.25) is 0 Å². The van der Waals surface area contributed by atoms with Crippen LogP contribution in [0.25, 0.3) is 0 Å². The molecule has 0 bridgehead atoms. The first-order chi connectivity index (χ1) is 5.34. The minimum Gasteiger partial charge on any atom is -0.393 e. The molecule has 1 rings (SSSR count). The van der Waals surface area contributed by atoms with Gasteiger partial charge in [0.05, 0.1) is 6.61 Å². The fourth-order valence-electron chi connectivity index (χ4n) is 0.246. The van der Waals surface area contributed by atoms with Gasteiger partial charge in [-0.1, -0.05) is 0 Å². The number of aliphatic hydroxyl groups excluding tert-OH is 2. The lowest BCUT2D eigenvalue weighted by molar-refractivity contribution is 0.0701. The van der Waals surface area contributed by atoms with Crippen molar-refractivity contribution in [1.82, 2.24) is 0 Å². The van der Waals surface area contributed by atoms with E-state index in [4.69, 9.17) is 29.4 Å². The first-order valence-electron chi connectivity index (χ1n) is 2.85. The average molecular weight is 202 g/mol. The monoisotopic (exact) mass is 202 g/mol. The van der Waals surface area contributed by atoms with Crippen LogP contribution in [0.1, 0.15) is 0 Å². The molecule has 1 aliphatic rings. The van der Waals surface area contributed by atoms with Gasteiger partial charge in [-0.15, -0.1) is 0 Å². The van der Waals surface area contributed by atoms with E-state index in [1.165, 1.54) is 0 Å². The molecule has 0 aromatic carbocycles. The van der Waals surface area contributed by atoms with E-state index in [0.29, 0.717) is 0 Å². The Kier molecular flexibility index (Phi) is 4.77. The third-order valence-corrected chi connectivity index (χ3v) is 0.709. The van der Waals surface area contributed by atoms with E-state index in [-0.39, 0.29) is 6.61 Å². The molecule has 0 amide bonds. The molecule has 1 heterocycles. The highest BCUT2D eigenvalue weighted by molar-refractivity contribution is 6.46. The van der Waals surface area contributed by atoms with E-state index < -0.39 is 21.4 Å². The molecule has 0 spiro atoms. The molecule has 1 atom stereocenters. The van der Waals surface area contributed by atoms with E-state index in [9.17, 15) is 0 Å². The normalized spacial score (nSPS) is 19.5. The predicted molar refractivity (Wildman–Crippen MR) is 33.7 cm³/mol. The number of hydrogen-bond acceptors (Lipinski definition) is 8. The van der Waals surface area contributed by atoms with Crippen molar-refractivity contribution in [1.29, 1.82) is 0 Å². The Hall–Kier alpha value is -0.103. The standard InChI is InChI=1S/C3H6O4.H4O4Si/c4-1-2(5)3-6-7-3;1-5(2,3)4/h2-5H,1H2;1-4H. The molecule has 8 nitrogen and oxygen atoms in total. The van der Waals surface area contributed by atoms with Gasteiger partial charge in [0.25, 0.3) is 6.29 Å². The topological polar surface area (TPSA) is 146 Å². The van der Waals surface area contributed by atoms with Gasteiger partial charge in [-0.05, 0) is 0 Å². The molecule has 12 heavy (non-hydrogen) atoms.